The molecule has 0 spiro atoms. The summed E-state index contributed by atoms with van der Waals surface area (Å²) in [5.41, 5.74) is 2.45. The van der Waals surface area contributed by atoms with E-state index >= 15 is 0 Å². The average molecular weight is 397 g/mol. The number of fused-ring (bicyclic) bond motifs is 1. The van der Waals surface area contributed by atoms with Crippen molar-refractivity contribution in [2.24, 2.45) is 0 Å². The SMILES string of the molecule is O=C1CC(c2ccc(Br)cc2)N2CCC(=O)N2/C1=C/c1ccccc1. The summed E-state index contributed by atoms with van der Waals surface area (Å²) < 4.78 is 0.998. The Morgan fingerprint density at radius 3 is 2.44 bits per heavy atom. The van der Waals surface area contributed by atoms with E-state index in [1.807, 2.05) is 65.7 Å². The average Bonchev–Trinajstić information content (AvgIpc) is 3.01. The Balaban J connectivity index is 1.72. The summed E-state index contributed by atoms with van der Waals surface area (Å²) in [6, 6.07) is 17.5. The molecule has 0 N–H and O–H groups in total. The number of allylic oxidation sites excluding steroid dienone is 1. The minimum Gasteiger partial charge on any atom is -0.292 e. The van der Waals surface area contributed by atoms with Crippen LogP contribution in [0.3, 0.4) is 0 Å². The summed E-state index contributed by atoms with van der Waals surface area (Å²) in [7, 11) is 0. The molecule has 126 valence electrons. The van der Waals surface area contributed by atoms with Gasteiger partial charge in [0.05, 0.1) is 6.04 Å². The molecule has 2 heterocycles. The summed E-state index contributed by atoms with van der Waals surface area (Å²) >= 11 is 3.44. The highest BCUT2D eigenvalue weighted by Crippen LogP contribution is 2.38. The maximum Gasteiger partial charge on any atom is 0.243 e. The highest BCUT2D eigenvalue weighted by molar-refractivity contribution is 9.10. The number of hydrogen-bond donors (Lipinski definition) is 0. The number of halogens is 1. The van der Waals surface area contributed by atoms with Crippen LogP contribution in [0.1, 0.15) is 30.0 Å². The fourth-order valence-corrected chi connectivity index (χ4v) is 3.72. The van der Waals surface area contributed by atoms with Crippen LogP contribution in [0.5, 0.6) is 0 Å². The van der Waals surface area contributed by atoms with E-state index in [1.165, 1.54) is 0 Å². The molecule has 5 heteroatoms. The predicted octanol–water partition coefficient (Wildman–Crippen LogP) is 3.95. The molecule has 1 atom stereocenters. The van der Waals surface area contributed by atoms with Crippen LogP contribution in [-0.2, 0) is 9.59 Å². The van der Waals surface area contributed by atoms with E-state index in [9.17, 15) is 9.59 Å². The smallest absolute Gasteiger partial charge is 0.243 e. The van der Waals surface area contributed by atoms with Crippen LogP contribution >= 0.6 is 15.9 Å². The highest BCUT2D eigenvalue weighted by atomic mass is 79.9. The lowest BCUT2D eigenvalue weighted by atomic mass is 9.96. The summed E-state index contributed by atoms with van der Waals surface area (Å²) in [5.74, 6) is -0.0133. The Hall–Kier alpha value is -2.24. The number of carbonyl (C=O) groups is 2. The van der Waals surface area contributed by atoms with Crippen molar-refractivity contribution in [2.75, 3.05) is 6.54 Å². The summed E-state index contributed by atoms with van der Waals surface area (Å²) in [6.07, 6.45) is 2.63. The number of benzene rings is 2. The first kappa shape index (κ1) is 16.2. The van der Waals surface area contributed by atoms with Crippen LogP contribution in [0.15, 0.2) is 64.8 Å². The molecule has 0 aromatic heterocycles. The number of rotatable bonds is 2. The molecular weight excluding hydrogens is 380 g/mol. The Morgan fingerprint density at radius 1 is 1.00 bits per heavy atom. The van der Waals surface area contributed by atoms with E-state index in [0.717, 1.165) is 15.6 Å². The van der Waals surface area contributed by atoms with Gasteiger partial charge in [-0.2, -0.15) is 0 Å². The largest absolute Gasteiger partial charge is 0.292 e. The molecule has 0 radical (unpaired) electrons. The Bertz CT molecular complexity index is 846. The van der Waals surface area contributed by atoms with Gasteiger partial charge in [0.15, 0.2) is 5.78 Å². The number of carbonyl (C=O) groups excluding carboxylic acids is 2. The molecule has 2 aliphatic heterocycles. The zero-order valence-corrected chi connectivity index (χ0v) is 15.1. The number of amides is 1. The molecule has 0 aliphatic carbocycles. The molecule has 0 saturated carbocycles. The van der Waals surface area contributed by atoms with Gasteiger partial charge in [0, 0.05) is 23.9 Å². The Kier molecular flexibility index (Phi) is 4.27. The summed E-state index contributed by atoms with van der Waals surface area (Å²) in [6.45, 7) is 0.638. The van der Waals surface area contributed by atoms with E-state index in [2.05, 4.69) is 15.9 Å². The van der Waals surface area contributed by atoms with Crippen molar-refractivity contribution in [3.63, 3.8) is 0 Å². The topological polar surface area (TPSA) is 40.6 Å². The molecule has 4 rings (SSSR count). The highest BCUT2D eigenvalue weighted by Gasteiger charge is 2.44. The number of hydrazine groups is 1. The molecule has 2 aliphatic rings. The van der Waals surface area contributed by atoms with E-state index in [-0.39, 0.29) is 17.7 Å². The monoisotopic (exact) mass is 396 g/mol. The fraction of sp³-hybridized carbons (Fsp3) is 0.200. The summed E-state index contributed by atoms with van der Waals surface area (Å²) in [4.78, 5) is 25.3. The van der Waals surface area contributed by atoms with E-state index < -0.39 is 0 Å². The normalized spacial score (nSPS) is 22.5. The predicted molar refractivity (Wildman–Crippen MR) is 99.1 cm³/mol. The van der Waals surface area contributed by atoms with Crippen molar-refractivity contribution < 1.29 is 9.59 Å². The van der Waals surface area contributed by atoms with Gasteiger partial charge in [-0.15, -0.1) is 0 Å². The lowest BCUT2D eigenvalue weighted by molar-refractivity contribution is -0.146. The van der Waals surface area contributed by atoms with Crippen molar-refractivity contribution in [1.82, 2.24) is 10.0 Å². The molecule has 2 aromatic carbocycles. The maximum atomic E-state index is 12.8. The van der Waals surface area contributed by atoms with Gasteiger partial charge in [-0.3, -0.25) is 9.59 Å². The molecular formula is C20H17BrN2O2. The van der Waals surface area contributed by atoms with Gasteiger partial charge < -0.3 is 0 Å². The Labute approximate surface area is 154 Å². The first-order chi connectivity index (χ1) is 12.1. The van der Waals surface area contributed by atoms with Gasteiger partial charge in [-0.1, -0.05) is 58.4 Å². The third kappa shape index (κ3) is 3.05. The van der Waals surface area contributed by atoms with Crippen molar-refractivity contribution in [1.29, 1.82) is 0 Å². The standard InChI is InChI=1S/C20H17BrN2O2/c21-16-8-6-15(7-9-16)17-13-19(24)18(12-14-4-2-1-3-5-14)23-20(25)10-11-22(17)23/h1-9,12,17H,10-11,13H2/b18-12+. The number of hydrogen-bond acceptors (Lipinski definition) is 3. The lowest BCUT2D eigenvalue weighted by Crippen LogP contribution is -2.47. The van der Waals surface area contributed by atoms with Gasteiger partial charge in [-0.25, -0.2) is 10.0 Å². The zero-order valence-electron chi connectivity index (χ0n) is 13.6. The number of nitrogens with zero attached hydrogens (tertiary/aromatic N) is 2. The Morgan fingerprint density at radius 2 is 1.72 bits per heavy atom. The van der Waals surface area contributed by atoms with E-state index in [4.69, 9.17) is 0 Å². The minimum atomic E-state index is -0.0972. The fourth-order valence-electron chi connectivity index (χ4n) is 3.45. The third-order valence-corrected chi connectivity index (χ3v) is 5.19. The first-order valence-corrected chi connectivity index (χ1v) is 9.08. The van der Waals surface area contributed by atoms with Crippen LogP contribution in [0, 0.1) is 0 Å². The molecule has 1 amide bonds. The van der Waals surface area contributed by atoms with Crippen molar-refractivity contribution in [3.8, 4) is 0 Å². The van der Waals surface area contributed by atoms with Gasteiger partial charge in [0.1, 0.15) is 5.70 Å². The third-order valence-electron chi connectivity index (χ3n) is 4.66. The maximum absolute atomic E-state index is 12.8. The van der Waals surface area contributed by atoms with Gasteiger partial charge in [0.2, 0.25) is 5.91 Å². The second-order valence-corrected chi connectivity index (χ2v) is 7.17. The van der Waals surface area contributed by atoms with E-state index in [1.54, 1.807) is 5.01 Å². The van der Waals surface area contributed by atoms with Crippen LogP contribution in [-0.4, -0.2) is 28.3 Å². The van der Waals surface area contributed by atoms with Gasteiger partial charge >= 0.3 is 0 Å². The minimum absolute atomic E-state index is 0.00303. The van der Waals surface area contributed by atoms with Crippen LogP contribution < -0.4 is 0 Å². The molecule has 2 aromatic rings. The molecule has 4 nitrogen and oxygen atoms in total. The number of Topliss-reactive ketones (excluding diaryl/α,β-unsaturated/α-hetero) is 1. The summed E-state index contributed by atoms with van der Waals surface area (Å²) in [5, 5.41) is 3.62. The molecule has 0 bridgehead atoms. The zero-order chi connectivity index (χ0) is 17.4. The van der Waals surface area contributed by atoms with Crippen molar-refractivity contribution >= 4 is 33.7 Å². The van der Waals surface area contributed by atoms with Crippen LogP contribution in [0.4, 0.5) is 0 Å². The van der Waals surface area contributed by atoms with E-state index in [0.29, 0.717) is 25.1 Å². The van der Waals surface area contributed by atoms with Gasteiger partial charge in [-0.05, 0) is 29.3 Å². The second-order valence-electron chi connectivity index (χ2n) is 6.25. The number of ketones is 1. The quantitative estimate of drug-likeness (QED) is 0.721. The molecule has 2 fully saturated rings. The lowest BCUT2D eigenvalue weighted by Gasteiger charge is -2.40. The van der Waals surface area contributed by atoms with Crippen LogP contribution in [0.25, 0.3) is 6.08 Å². The molecule has 25 heavy (non-hydrogen) atoms. The van der Waals surface area contributed by atoms with Crippen LogP contribution in [0.2, 0.25) is 0 Å². The second kappa shape index (κ2) is 6.58. The van der Waals surface area contributed by atoms with Gasteiger partial charge in [0.25, 0.3) is 0 Å². The van der Waals surface area contributed by atoms with Crippen molar-refractivity contribution in [3.05, 3.63) is 75.9 Å². The molecule has 1 unspecified atom stereocenters. The first-order valence-electron chi connectivity index (χ1n) is 8.28. The van der Waals surface area contributed by atoms with Crippen molar-refractivity contribution in [2.45, 2.75) is 18.9 Å². The molecule has 2 saturated heterocycles.